The molecule has 90 valence electrons. The molecule has 1 unspecified atom stereocenters. The van der Waals surface area contributed by atoms with Gasteiger partial charge >= 0.3 is 0 Å². The zero-order chi connectivity index (χ0) is 12.3. The Bertz CT molecular complexity index is 436. The number of morpholine rings is 1. The molecule has 1 aliphatic rings. The first kappa shape index (κ1) is 12.3. The SMILES string of the molecule is C[C@@H](P)c1cnc(N2CCOCC2)cc1C#N. The molecular weight excluding hydrogens is 233 g/mol. The lowest BCUT2D eigenvalue weighted by molar-refractivity contribution is 0.122. The number of hydrogen-bond donors (Lipinski definition) is 0. The van der Waals surface area contributed by atoms with Crippen LogP contribution in [0.5, 0.6) is 0 Å². The van der Waals surface area contributed by atoms with Gasteiger partial charge in [-0.2, -0.15) is 5.26 Å². The molecule has 0 saturated carbocycles. The first-order chi connectivity index (χ1) is 8.22. The molecule has 4 nitrogen and oxygen atoms in total. The number of nitrogens with zero attached hydrogens (tertiary/aromatic N) is 3. The second kappa shape index (κ2) is 5.44. The Balaban J connectivity index is 2.28. The summed E-state index contributed by atoms with van der Waals surface area (Å²) in [5, 5.41) is 9.16. The Kier molecular flexibility index (Phi) is 3.93. The van der Waals surface area contributed by atoms with Crippen LogP contribution in [0, 0.1) is 11.3 Å². The summed E-state index contributed by atoms with van der Waals surface area (Å²) in [6.07, 6.45) is 1.81. The number of aromatic nitrogens is 1. The molecule has 2 heterocycles. The number of rotatable bonds is 2. The maximum absolute atomic E-state index is 9.16. The number of ether oxygens (including phenoxy) is 1. The van der Waals surface area contributed by atoms with Crippen molar-refractivity contribution >= 4 is 15.1 Å². The lowest BCUT2D eigenvalue weighted by Crippen LogP contribution is -2.36. The third-order valence-electron chi connectivity index (χ3n) is 2.87. The van der Waals surface area contributed by atoms with E-state index < -0.39 is 0 Å². The minimum atomic E-state index is 0.246. The van der Waals surface area contributed by atoms with Crippen LogP contribution < -0.4 is 4.90 Å². The minimum absolute atomic E-state index is 0.246. The first-order valence-corrected chi connectivity index (χ1v) is 6.37. The molecule has 2 atom stereocenters. The van der Waals surface area contributed by atoms with Crippen molar-refractivity contribution in [2.75, 3.05) is 31.2 Å². The largest absolute Gasteiger partial charge is 0.378 e. The van der Waals surface area contributed by atoms with Gasteiger partial charge in [0.25, 0.3) is 0 Å². The molecule has 0 spiro atoms. The van der Waals surface area contributed by atoms with Gasteiger partial charge in [0.2, 0.25) is 0 Å². The Hall–Kier alpha value is -1.17. The van der Waals surface area contributed by atoms with E-state index >= 15 is 0 Å². The molecule has 1 aromatic heterocycles. The molecule has 2 rings (SSSR count). The van der Waals surface area contributed by atoms with Gasteiger partial charge in [-0.3, -0.25) is 0 Å². The summed E-state index contributed by atoms with van der Waals surface area (Å²) in [6.45, 7) is 5.18. The molecule has 0 bridgehead atoms. The molecule has 1 aliphatic heterocycles. The smallest absolute Gasteiger partial charge is 0.129 e. The van der Waals surface area contributed by atoms with Crippen molar-refractivity contribution in [2.45, 2.75) is 12.6 Å². The fraction of sp³-hybridized carbons (Fsp3) is 0.500. The van der Waals surface area contributed by atoms with Gasteiger partial charge in [0.05, 0.1) is 24.8 Å². The van der Waals surface area contributed by atoms with Gasteiger partial charge in [-0.25, -0.2) is 4.98 Å². The minimum Gasteiger partial charge on any atom is -0.378 e. The summed E-state index contributed by atoms with van der Waals surface area (Å²) in [4.78, 5) is 6.59. The molecule has 1 aromatic rings. The van der Waals surface area contributed by atoms with Crippen LogP contribution >= 0.6 is 9.24 Å². The van der Waals surface area contributed by atoms with E-state index in [-0.39, 0.29) is 5.66 Å². The van der Waals surface area contributed by atoms with E-state index in [2.05, 4.69) is 25.2 Å². The highest BCUT2D eigenvalue weighted by Gasteiger charge is 2.15. The molecule has 0 aromatic carbocycles. The maximum atomic E-state index is 9.16. The Labute approximate surface area is 104 Å². The second-order valence-corrected chi connectivity index (χ2v) is 5.13. The quantitative estimate of drug-likeness (QED) is 0.749. The van der Waals surface area contributed by atoms with E-state index in [1.807, 2.05) is 13.0 Å². The van der Waals surface area contributed by atoms with Gasteiger partial charge in [-0.05, 0) is 17.3 Å². The zero-order valence-corrected chi connectivity index (χ0v) is 11.0. The van der Waals surface area contributed by atoms with Crippen LogP contribution in [0.25, 0.3) is 0 Å². The van der Waals surface area contributed by atoms with Gasteiger partial charge < -0.3 is 9.64 Å². The van der Waals surface area contributed by atoms with Gasteiger partial charge in [-0.1, -0.05) is 6.92 Å². The van der Waals surface area contributed by atoms with E-state index in [9.17, 15) is 0 Å². The predicted molar refractivity (Wildman–Crippen MR) is 70.1 cm³/mol. The lowest BCUT2D eigenvalue weighted by Gasteiger charge is -2.28. The van der Waals surface area contributed by atoms with Crippen LogP contribution in [0.1, 0.15) is 23.7 Å². The normalized spacial score (nSPS) is 17.6. The summed E-state index contributed by atoms with van der Waals surface area (Å²) < 4.78 is 5.30. The third-order valence-corrected chi connectivity index (χ3v) is 3.23. The molecule has 0 aliphatic carbocycles. The predicted octanol–water partition coefficient (Wildman–Crippen LogP) is 1.73. The fourth-order valence-corrected chi connectivity index (χ4v) is 2.15. The summed E-state index contributed by atoms with van der Waals surface area (Å²) in [7, 11) is 2.70. The van der Waals surface area contributed by atoms with E-state index in [0.717, 1.165) is 37.7 Å². The van der Waals surface area contributed by atoms with Gasteiger partial charge in [0.1, 0.15) is 5.82 Å². The summed E-state index contributed by atoms with van der Waals surface area (Å²) in [6, 6.07) is 4.12. The fourth-order valence-electron chi connectivity index (χ4n) is 1.88. The number of anilines is 1. The Morgan fingerprint density at radius 2 is 2.24 bits per heavy atom. The molecular formula is C12H16N3OP. The van der Waals surface area contributed by atoms with Crippen LogP contribution in [0.2, 0.25) is 0 Å². The molecule has 1 fully saturated rings. The average Bonchev–Trinajstić information content (AvgIpc) is 2.39. The highest BCUT2D eigenvalue weighted by atomic mass is 31.0. The van der Waals surface area contributed by atoms with Crippen molar-refractivity contribution in [2.24, 2.45) is 0 Å². The number of nitriles is 1. The van der Waals surface area contributed by atoms with E-state index in [0.29, 0.717) is 5.56 Å². The van der Waals surface area contributed by atoms with Gasteiger partial charge in [-0.15, -0.1) is 9.24 Å². The maximum Gasteiger partial charge on any atom is 0.129 e. The lowest BCUT2D eigenvalue weighted by atomic mass is 10.1. The molecule has 1 saturated heterocycles. The van der Waals surface area contributed by atoms with Crippen molar-refractivity contribution in [1.29, 1.82) is 5.26 Å². The van der Waals surface area contributed by atoms with Crippen LogP contribution in [0.15, 0.2) is 12.3 Å². The van der Waals surface area contributed by atoms with Crippen LogP contribution in [-0.4, -0.2) is 31.3 Å². The second-order valence-electron chi connectivity index (χ2n) is 4.13. The van der Waals surface area contributed by atoms with Crippen molar-refractivity contribution in [3.63, 3.8) is 0 Å². The first-order valence-electron chi connectivity index (χ1n) is 5.70. The monoisotopic (exact) mass is 249 g/mol. The van der Waals surface area contributed by atoms with Crippen molar-refractivity contribution in [3.8, 4) is 6.07 Å². The van der Waals surface area contributed by atoms with Crippen LogP contribution in [0.3, 0.4) is 0 Å². The highest BCUT2D eigenvalue weighted by molar-refractivity contribution is 7.17. The van der Waals surface area contributed by atoms with Crippen LogP contribution in [-0.2, 0) is 4.74 Å². The number of pyridine rings is 1. The summed E-state index contributed by atoms with van der Waals surface area (Å²) in [5.74, 6) is 0.874. The molecule has 0 amide bonds. The van der Waals surface area contributed by atoms with Crippen molar-refractivity contribution in [1.82, 2.24) is 4.98 Å². The highest BCUT2D eigenvalue weighted by Crippen LogP contribution is 2.26. The average molecular weight is 249 g/mol. The zero-order valence-electron chi connectivity index (χ0n) is 9.89. The van der Waals surface area contributed by atoms with E-state index in [1.165, 1.54) is 0 Å². The van der Waals surface area contributed by atoms with E-state index in [4.69, 9.17) is 10.00 Å². The molecule has 17 heavy (non-hydrogen) atoms. The Morgan fingerprint density at radius 3 is 2.82 bits per heavy atom. The number of hydrogen-bond acceptors (Lipinski definition) is 4. The summed E-state index contributed by atoms with van der Waals surface area (Å²) in [5.41, 5.74) is 1.94. The summed E-state index contributed by atoms with van der Waals surface area (Å²) >= 11 is 0. The van der Waals surface area contributed by atoms with Crippen molar-refractivity contribution in [3.05, 3.63) is 23.4 Å². The van der Waals surface area contributed by atoms with Gasteiger partial charge in [0.15, 0.2) is 0 Å². The topological polar surface area (TPSA) is 49.2 Å². The Morgan fingerprint density at radius 1 is 1.53 bits per heavy atom. The van der Waals surface area contributed by atoms with Gasteiger partial charge in [0, 0.05) is 19.3 Å². The van der Waals surface area contributed by atoms with Crippen LogP contribution in [0.4, 0.5) is 5.82 Å². The molecule has 0 N–H and O–H groups in total. The van der Waals surface area contributed by atoms with Crippen molar-refractivity contribution < 1.29 is 4.74 Å². The standard InChI is InChI=1S/C12H16N3OP/c1-9(17)11-8-14-12(6-10(11)7-13)15-2-4-16-5-3-15/h6,8-9H,2-5,17H2,1H3/t9-/m1/s1. The molecule has 0 radical (unpaired) electrons. The third kappa shape index (κ3) is 2.74. The van der Waals surface area contributed by atoms with E-state index in [1.54, 1.807) is 6.20 Å². The molecule has 5 heteroatoms.